The molecule has 1 heterocycles. The minimum Gasteiger partial charge on any atom is -0.379 e. The number of hydrogen-bond donors (Lipinski definition) is 0. The van der Waals surface area contributed by atoms with Crippen LogP contribution >= 0.6 is 0 Å². The normalized spacial score (nSPS) is 18.1. The average molecular weight is 200 g/mol. The molecule has 0 saturated carbocycles. The van der Waals surface area contributed by atoms with E-state index in [4.69, 9.17) is 4.74 Å². The Bertz CT molecular complexity index is 179. The highest BCUT2D eigenvalue weighted by Crippen LogP contribution is 1.98. The molecule has 1 amide bonds. The number of rotatable bonds is 4. The predicted octanol–water partition coefficient (Wildman–Crippen LogP) is 0.187. The van der Waals surface area contributed by atoms with Crippen LogP contribution in [0.5, 0.6) is 0 Å². The fraction of sp³-hybridized carbons (Fsp3) is 0.900. The third kappa shape index (κ3) is 3.64. The van der Waals surface area contributed by atoms with Crippen LogP contribution in [0.25, 0.3) is 0 Å². The molecule has 4 heteroatoms. The van der Waals surface area contributed by atoms with Crippen molar-refractivity contribution in [2.24, 2.45) is 0 Å². The van der Waals surface area contributed by atoms with Gasteiger partial charge in [-0.05, 0) is 6.42 Å². The van der Waals surface area contributed by atoms with Crippen molar-refractivity contribution in [3.05, 3.63) is 0 Å². The summed E-state index contributed by atoms with van der Waals surface area (Å²) in [4.78, 5) is 15.6. The maximum Gasteiger partial charge on any atom is 0.236 e. The van der Waals surface area contributed by atoms with E-state index in [0.717, 1.165) is 39.3 Å². The zero-order chi connectivity index (χ0) is 10.4. The highest BCUT2D eigenvalue weighted by Gasteiger charge is 2.15. The fourth-order valence-electron chi connectivity index (χ4n) is 1.53. The maximum atomic E-state index is 11.6. The number of amides is 1. The fourth-order valence-corrected chi connectivity index (χ4v) is 1.53. The van der Waals surface area contributed by atoms with E-state index in [1.165, 1.54) is 0 Å². The monoisotopic (exact) mass is 200 g/mol. The van der Waals surface area contributed by atoms with Crippen LogP contribution in [0.3, 0.4) is 0 Å². The molecule has 14 heavy (non-hydrogen) atoms. The SMILES string of the molecule is CCCN(C)C(=O)CN1CCOCC1. The summed E-state index contributed by atoms with van der Waals surface area (Å²) in [7, 11) is 1.87. The predicted molar refractivity (Wildman–Crippen MR) is 55.2 cm³/mol. The smallest absolute Gasteiger partial charge is 0.236 e. The van der Waals surface area contributed by atoms with Crippen LogP contribution < -0.4 is 0 Å². The van der Waals surface area contributed by atoms with E-state index in [1.54, 1.807) is 4.90 Å². The lowest BCUT2D eigenvalue weighted by molar-refractivity contribution is -0.132. The van der Waals surface area contributed by atoms with Gasteiger partial charge >= 0.3 is 0 Å². The third-order valence-electron chi connectivity index (χ3n) is 2.45. The number of carbonyl (C=O) groups excluding carboxylic acids is 1. The van der Waals surface area contributed by atoms with Crippen molar-refractivity contribution < 1.29 is 9.53 Å². The molecule has 0 aliphatic carbocycles. The van der Waals surface area contributed by atoms with Gasteiger partial charge in [-0.1, -0.05) is 6.92 Å². The molecule has 0 atom stereocenters. The van der Waals surface area contributed by atoms with Gasteiger partial charge < -0.3 is 9.64 Å². The van der Waals surface area contributed by atoms with E-state index in [2.05, 4.69) is 11.8 Å². The van der Waals surface area contributed by atoms with E-state index in [-0.39, 0.29) is 5.91 Å². The molecule has 1 fully saturated rings. The summed E-state index contributed by atoms with van der Waals surface area (Å²) in [6.07, 6.45) is 1.02. The Labute approximate surface area is 85.8 Å². The van der Waals surface area contributed by atoms with Crippen molar-refractivity contribution in [2.75, 3.05) is 46.4 Å². The Morgan fingerprint density at radius 3 is 2.64 bits per heavy atom. The number of likely N-dealkylation sites (N-methyl/N-ethyl adjacent to an activating group) is 1. The standard InChI is InChI=1S/C10H20N2O2/c1-3-4-11(2)10(13)9-12-5-7-14-8-6-12/h3-9H2,1-2H3. The van der Waals surface area contributed by atoms with Gasteiger partial charge in [0.15, 0.2) is 0 Å². The number of ether oxygens (including phenoxy) is 1. The van der Waals surface area contributed by atoms with Crippen molar-refractivity contribution >= 4 is 5.91 Å². The summed E-state index contributed by atoms with van der Waals surface area (Å²) < 4.78 is 5.22. The second kappa shape index (κ2) is 5.98. The van der Waals surface area contributed by atoms with Gasteiger partial charge in [-0.2, -0.15) is 0 Å². The Kier molecular flexibility index (Phi) is 4.90. The van der Waals surface area contributed by atoms with Gasteiger partial charge in [-0.15, -0.1) is 0 Å². The Hall–Kier alpha value is -0.610. The first kappa shape index (κ1) is 11.5. The van der Waals surface area contributed by atoms with E-state index < -0.39 is 0 Å². The second-order valence-electron chi connectivity index (χ2n) is 3.70. The van der Waals surface area contributed by atoms with Gasteiger partial charge in [0.2, 0.25) is 5.91 Å². The summed E-state index contributed by atoms with van der Waals surface area (Å²) in [6, 6.07) is 0. The van der Waals surface area contributed by atoms with E-state index in [1.807, 2.05) is 7.05 Å². The topological polar surface area (TPSA) is 32.8 Å². The first-order chi connectivity index (χ1) is 6.74. The highest BCUT2D eigenvalue weighted by molar-refractivity contribution is 5.77. The molecule has 0 radical (unpaired) electrons. The van der Waals surface area contributed by atoms with Crippen LogP contribution in [-0.2, 0) is 9.53 Å². The second-order valence-corrected chi connectivity index (χ2v) is 3.70. The van der Waals surface area contributed by atoms with Crippen LogP contribution in [0.15, 0.2) is 0 Å². The van der Waals surface area contributed by atoms with Crippen LogP contribution in [0.4, 0.5) is 0 Å². The summed E-state index contributed by atoms with van der Waals surface area (Å²) in [6.45, 7) is 6.74. The van der Waals surface area contributed by atoms with E-state index in [9.17, 15) is 4.79 Å². The average Bonchev–Trinajstić information content (AvgIpc) is 2.19. The lowest BCUT2D eigenvalue weighted by atomic mass is 10.3. The molecule has 1 aliphatic heterocycles. The molecule has 0 bridgehead atoms. The molecule has 1 saturated heterocycles. The van der Waals surface area contributed by atoms with Crippen molar-refractivity contribution in [3.63, 3.8) is 0 Å². The first-order valence-electron chi connectivity index (χ1n) is 5.28. The molecule has 0 aromatic rings. The van der Waals surface area contributed by atoms with Crippen LogP contribution in [0.1, 0.15) is 13.3 Å². The minimum absolute atomic E-state index is 0.216. The summed E-state index contributed by atoms with van der Waals surface area (Å²) >= 11 is 0. The van der Waals surface area contributed by atoms with Gasteiger partial charge in [0.05, 0.1) is 19.8 Å². The minimum atomic E-state index is 0.216. The molecule has 0 unspecified atom stereocenters. The first-order valence-corrected chi connectivity index (χ1v) is 5.28. The molecule has 1 rings (SSSR count). The van der Waals surface area contributed by atoms with Crippen molar-refractivity contribution in [1.82, 2.24) is 9.80 Å². The van der Waals surface area contributed by atoms with Gasteiger partial charge in [0.25, 0.3) is 0 Å². The molecule has 1 aliphatic rings. The molecule has 0 N–H and O–H groups in total. The summed E-state index contributed by atoms with van der Waals surface area (Å²) in [5.41, 5.74) is 0. The molecule has 0 aromatic heterocycles. The van der Waals surface area contributed by atoms with Gasteiger partial charge in [0, 0.05) is 26.7 Å². The van der Waals surface area contributed by atoms with Gasteiger partial charge in [0.1, 0.15) is 0 Å². The third-order valence-corrected chi connectivity index (χ3v) is 2.45. The van der Waals surface area contributed by atoms with E-state index in [0.29, 0.717) is 6.54 Å². The largest absolute Gasteiger partial charge is 0.379 e. The lowest BCUT2D eigenvalue weighted by Crippen LogP contribution is -2.43. The molecule has 0 spiro atoms. The molecular formula is C10H20N2O2. The number of nitrogens with zero attached hydrogens (tertiary/aromatic N) is 2. The molecule has 4 nitrogen and oxygen atoms in total. The Morgan fingerprint density at radius 1 is 1.43 bits per heavy atom. The Balaban J connectivity index is 2.24. The van der Waals surface area contributed by atoms with Crippen LogP contribution in [0, 0.1) is 0 Å². The van der Waals surface area contributed by atoms with E-state index >= 15 is 0 Å². The zero-order valence-electron chi connectivity index (χ0n) is 9.16. The van der Waals surface area contributed by atoms with Gasteiger partial charge in [-0.3, -0.25) is 9.69 Å². The molecule has 0 aromatic carbocycles. The molecular weight excluding hydrogens is 180 g/mol. The van der Waals surface area contributed by atoms with Crippen molar-refractivity contribution in [2.45, 2.75) is 13.3 Å². The van der Waals surface area contributed by atoms with Gasteiger partial charge in [-0.25, -0.2) is 0 Å². The summed E-state index contributed by atoms with van der Waals surface area (Å²) in [5, 5.41) is 0. The van der Waals surface area contributed by atoms with Crippen LogP contribution in [-0.4, -0.2) is 62.1 Å². The maximum absolute atomic E-state index is 11.6. The van der Waals surface area contributed by atoms with Crippen LogP contribution in [0.2, 0.25) is 0 Å². The number of carbonyl (C=O) groups is 1. The number of hydrogen-bond acceptors (Lipinski definition) is 3. The van der Waals surface area contributed by atoms with Crippen molar-refractivity contribution in [3.8, 4) is 0 Å². The Morgan fingerprint density at radius 2 is 2.07 bits per heavy atom. The highest BCUT2D eigenvalue weighted by atomic mass is 16.5. The van der Waals surface area contributed by atoms with Crippen molar-refractivity contribution in [1.29, 1.82) is 0 Å². The zero-order valence-corrected chi connectivity index (χ0v) is 9.16. The summed E-state index contributed by atoms with van der Waals surface area (Å²) in [5.74, 6) is 0.216. The lowest BCUT2D eigenvalue weighted by Gasteiger charge is -2.27. The number of morpholine rings is 1. The quantitative estimate of drug-likeness (QED) is 0.649. The molecule has 82 valence electrons.